The SMILES string of the molecule is CCNC(=O)CCSCCC(F)(F)F. The predicted octanol–water partition coefficient (Wildman–Crippen LogP) is 2.20. The second kappa shape index (κ2) is 6.98. The topological polar surface area (TPSA) is 29.1 Å². The van der Waals surface area contributed by atoms with E-state index in [1.54, 1.807) is 6.92 Å². The molecule has 0 unspecified atom stereocenters. The third kappa shape index (κ3) is 9.70. The van der Waals surface area contributed by atoms with Gasteiger partial charge in [0.1, 0.15) is 0 Å². The number of alkyl halides is 3. The minimum Gasteiger partial charge on any atom is -0.356 e. The van der Waals surface area contributed by atoms with Gasteiger partial charge < -0.3 is 5.32 Å². The molecule has 14 heavy (non-hydrogen) atoms. The van der Waals surface area contributed by atoms with E-state index in [4.69, 9.17) is 0 Å². The van der Waals surface area contributed by atoms with Gasteiger partial charge in [-0.1, -0.05) is 0 Å². The summed E-state index contributed by atoms with van der Waals surface area (Å²) in [5.74, 6) is 0.372. The summed E-state index contributed by atoms with van der Waals surface area (Å²) in [6.45, 7) is 2.36. The van der Waals surface area contributed by atoms with Crippen molar-refractivity contribution in [3.63, 3.8) is 0 Å². The number of hydrogen-bond donors (Lipinski definition) is 1. The van der Waals surface area contributed by atoms with Crippen LogP contribution in [0.2, 0.25) is 0 Å². The highest BCUT2D eigenvalue weighted by molar-refractivity contribution is 7.99. The molecule has 0 radical (unpaired) electrons. The largest absolute Gasteiger partial charge is 0.389 e. The van der Waals surface area contributed by atoms with Crippen molar-refractivity contribution in [2.24, 2.45) is 0 Å². The lowest BCUT2D eigenvalue weighted by atomic mass is 10.4. The van der Waals surface area contributed by atoms with Crippen molar-refractivity contribution < 1.29 is 18.0 Å². The first-order valence-electron chi connectivity index (χ1n) is 4.37. The number of amides is 1. The zero-order valence-corrected chi connectivity index (χ0v) is 8.80. The maximum absolute atomic E-state index is 11.7. The van der Waals surface area contributed by atoms with Crippen LogP contribution in [0.5, 0.6) is 0 Å². The molecule has 0 spiro atoms. The predicted molar refractivity (Wildman–Crippen MR) is 51.3 cm³/mol. The molecular weight excluding hydrogens is 215 g/mol. The van der Waals surface area contributed by atoms with E-state index in [-0.39, 0.29) is 18.1 Å². The molecule has 2 nitrogen and oxygen atoms in total. The Balaban J connectivity index is 3.26. The fraction of sp³-hybridized carbons (Fsp3) is 0.875. The van der Waals surface area contributed by atoms with Gasteiger partial charge in [0, 0.05) is 24.5 Å². The van der Waals surface area contributed by atoms with E-state index in [1.165, 1.54) is 0 Å². The van der Waals surface area contributed by atoms with Crippen LogP contribution in [0.1, 0.15) is 19.8 Å². The number of thioether (sulfide) groups is 1. The van der Waals surface area contributed by atoms with Crippen molar-refractivity contribution in [1.82, 2.24) is 5.32 Å². The number of rotatable bonds is 6. The minimum absolute atomic E-state index is 0.0307. The zero-order chi connectivity index (χ0) is 11.0. The molecule has 0 bridgehead atoms. The van der Waals surface area contributed by atoms with E-state index in [0.717, 1.165) is 11.8 Å². The molecule has 0 aliphatic carbocycles. The van der Waals surface area contributed by atoms with Crippen LogP contribution in [0.3, 0.4) is 0 Å². The van der Waals surface area contributed by atoms with Crippen LogP contribution in [-0.2, 0) is 4.79 Å². The molecule has 1 N–H and O–H groups in total. The van der Waals surface area contributed by atoms with Crippen LogP contribution in [0, 0.1) is 0 Å². The molecule has 1 amide bonds. The summed E-state index contributed by atoms with van der Waals surface area (Å²) in [6.07, 6.45) is -4.58. The first-order valence-corrected chi connectivity index (χ1v) is 5.52. The lowest BCUT2D eigenvalue weighted by Crippen LogP contribution is -2.22. The normalized spacial score (nSPS) is 11.4. The Hall–Kier alpha value is -0.390. The van der Waals surface area contributed by atoms with Crippen molar-refractivity contribution in [1.29, 1.82) is 0 Å². The first kappa shape index (κ1) is 13.6. The number of carbonyl (C=O) groups excluding carboxylic acids is 1. The van der Waals surface area contributed by atoms with Gasteiger partial charge in [0.15, 0.2) is 0 Å². The van der Waals surface area contributed by atoms with Crippen LogP contribution >= 0.6 is 11.8 Å². The van der Waals surface area contributed by atoms with E-state index in [0.29, 0.717) is 12.3 Å². The standard InChI is InChI=1S/C8H14F3NOS/c1-2-12-7(13)3-5-14-6-4-8(9,10)11/h2-6H2,1H3,(H,12,13). The van der Waals surface area contributed by atoms with Crippen molar-refractivity contribution in [2.45, 2.75) is 25.9 Å². The van der Waals surface area contributed by atoms with E-state index >= 15 is 0 Å². The van der Waals surface area contributed by atoms with Gasteiger partial charge in [-0.15, -0.1) is 0 Å². The summed E-state index contributed by atoms with van der Waals surface area (Å²) in [5.41, 5.74) is 0. The maximum Gasteiger partial charge on any atom is 0.389 e. The lowest BCUT2D eigenvalue weighted by Gasteiger charge is -2.05. The van der Waals surface area contributed by atoms with Crippen LogP contribution < -0.4 is 5.32 Å². The highest BCUT2D eigenvalue weighted by Crippen LogP contribution is 2.22. The maximum atomic E-state index is 11.7. The van der Waals surface area contributed by atoms with Gasteiger partial charge in [-0.3, -0.25) is 4.79 Å². The van der Waals surface area contributed by atoms with Crippen molar-refractivity contribution in [2.75, 3.05) is 18.1 Å². The highest BCUT2D eigenvalue weighted by atomic mass is 32.2. The molecule has 84 valence electrons. The molecule has 0 aliphatic rings. The Morgan fingerprint density at radius 1 is 1.36 bits per heavy atom. The molecule has 0 rings (SSSR count). The van der Waals surface area contributed by atoms with Gasteiger partial charge in [0.2, 0.25) is 5.91 Å². The van der Waals surface area contributed by atoms with Crippen LogP contribution in [0.25, 0.3) is 0 Å². The molecule has 0 heterocycles. The summed E-state index contributed by atoms with van der Waals surface area (Å²) >= 11 is 1.15. The number of carbonyl (C=O) groups is 1. The Morgan fingerprint density at radius 2 is 2.00 bits per heavy atom. The van der Waals surface area contributed by atoms with Crippen molar-refractivity contribution >= 4 is 17.7 Å². The van der Waals surface area contributed by atoms with Gasteiger partial charge in [-0.05, 0) is 6.92 Å². The molecule has 0 aromatic heterocycles. The van der Waals surface area contributed by atoms with Gasteiger partial charge >= 0.3 is 6.18 Å². The van der Waals surface area contributed by atoms with Crippen LogP contribution in [-0.4, -0.2) is 30.1 Å². The molecule has 0 aromatic rings. The van der Waals surface area contributed by atoms with E-state index in [2.05, 4.69) is 5.32 Å². The Morgan fingerprint density at radius 3 is 2.50 bits per heavy atom. The molecule has 0 aromatic carbocycles. The quantitative estimate of drug-likeness (QED) is 0.707. The summed E-state index contributed by atoms with van der Waals surface area (Å²) in [4.78, 5) is 10.9. The molecular formula is C8H14F3NOS. The Bertz CT molecular complexity index is 172. The zero-order valence-electron chi connectivity index (χ0n) is 7.99. The van der Waals surface area contributed by atoms with E-state index < -0.39 is 12.6 Å². The average molecular weight is 229 g/mol. The van der Waals surface area contributed by atoms with E-state index in [9.17, 15) is 18.0 Å². The fourth-order valence-corrected chi connectivity index (χ4v) is 1.65. The van der Waals surface area contributed by atoms with Crippen LogP contribution in [0.15, 0.2) is 0 Å². The summed E-state index contributed by atoms with van der Waals surface area (Å²) in [6, 6.07) is 0. The smallest absolute Gasteiger partial charge is 0.356 e. The Kier molecular flexibility index (Phi) is 6.78. The molecule has 0 aliphatic heterocycles. The Labute approximate surface area is 85.6 Å². The molecule has 0 fully saturated rings. The molecule has 0 saturated carbocycles. The van der Waals surface area contributed by atoms with Gasteiger partial charge in [0.05, 0.1) is 6.42 Å². The lowest BCUT2D eigenvalue weighted by molar-refractivity contribution is -0.129. The third-order valence-corrected chi connectivity index (χ3v) is 2.36. The van der Waals surface area contributed by atoms with Gasteiger partial charge in [-0.25, -0.2) is 0 Å². The summed E-state index contributed by atoms with van der Waals surface area (Å²) in [7, 11) is 0. The average Bonchev–Trinajstić information content (AvgIpc) is 2.02. The van der Waals surface area contributed by atoms with Gasteiger partial charge in [-0.2, -0.15) is 24.9 Å². The third-order valence-electron chi connectivity index (χ3n) is 1.38. The minimum atomic E-state index is -4.08. The number of nitrogens with one attached hydrogen (secondary N) is 1. The van der Waals surface area contributed by atoms with Gasteiger partial charge in [0.25, 0.3) is 0 Å². The van der Waals surface area contributed by atoms with Crippen molar-refractivity contribution in [3.05, 3.63) is 0 Å². The number of halogens is 3. The van der Waals surface area contributed by atoms with E-state index in [1.807, 2.05) is 0 Å². The fourth-order valence-electron chi connectivity index (χ4n) is 0.740. The molecule has 0 saturated heterocycles. The summed E-state index contributed by atoms with van der Waals surface area (Å²) in [5, 5.41) is 2.58. The number of hydrogen-bond acceptors (Lipinski definition) is 2. The van der Waals surface area contributed by atoms with Crippen LogP contribution in [0.4, 0.5) is 13.2 Å². The molecule has 0 atom stereocenters. The monoisotopic (exact) mass is 229 g/mol. The second-order valence-corrected chi connectivity index (χ2v) is 3.91. The second-order valence-electron chi connectivity index (χ2n) is 2.68. The highest BCUT2D eigenvalue weighted by Gasteiger charge is 2.25. The first-order chi connectivity index (χ1) is 6.45. The summed E-state index contributed by atoms with van der Waals surface area (Å²) < 4.78 is 35.0. The molecule has 6 heteroatoms. The van der Waals surface area contributed by atoms with Crippen molar-refractivity contribution in [3.8, 4) is 0 Å².